The minimum atomic E-state index is -1.35. The Hall–Kier alpha value is -4.17. The van der Waals surface area contributed by atoms with Gasteiger partial charge < -0.3 is 14.7 Å². The molecule has 5 rings (SSSR count). The van der Waals surface area contributed by atoms with E-state index in [1.165, 1.54) is 12.1 Å². The Labute approximate surface area is 211 Å². The first-order valence-corrected chi connectivity index (χ1v) is 11.5. The zero-order chi connectivity index (χ0) is 25.4. The fourth-order valence-corrected chi connectivity index (χ4v) is 4.55. The van der Waals surface area contributed by atoms with Gasteiger partial charge in [0, 0.05) is 36.3 Å². The van der Waals surface area contributed by atoms with Gasteiger partial charge in [0.05, 0.1) is 11.3 Å². The molecule has 7 nitrogen and oxygen atoms in total. The molecule has 0 atom stereocenters. The molecular weight excluding hydrogens is 485 g/mol. The molecule has 0 saturated heterocycles. The van der Waals surface area contributed by atoms with Gasteiger partial charge in [0.25, 0.3) is 5.91 Å². The highest BCUT2D eigenvalue weighted by atomic mass is 35.5. The van der Waals surface area contributed by atoms with Crippen LogP contribution in [0.4, 0.5) is 4.39 Å². The fourth-order valence-electron chi connectivity index (χ4n) is 4.38. The zero-order valence-electron chi connectivity index (χ0n) is 19.2. The highest BCUT2D eigenvalue weighted by Crippen LogP contribution is 2.40. The average Bonchev–Trinajstić information content (AvgIpc) is 3.20. The quantitative estimate of drug-likeness (QED) is 0.384. The van der Waals surface area contributed by atoms with Crippen LogP contribution in [-0.4, -0.2) is 31.7 Å². The number of rotatable bonds is 6. The van der Waals surface area contributed by atoms with Crippen molar-refractivity contribution in [1.29, 1.82) is 0 Å². The molecule has 0 unspecified atom stereocenters. The first-order chi connectivity index (χ1) is 17.3. The molecule has 0 saturated carbocycles. The second kappa shape index (κ2) is 9.47. The van der Waals surface area contributed by atoms with E-state index in [4.69, 9.17) is 21.4 Å². The monoisotopic (exact) mass is 505 g/mol. The van der Waals surface area contributed by atoms with Gasteiger partial charge >= 0.3 is 5.97 Å². The van der Waals surface area contributed by atoms with Crippen LogP contribution in [0.25, 0.3) is 11.3 Å². The van der Waals surface area contributed by atoms with Gasteiger partial charge in [-0.2, -0.15) is 5.10 Å². The summed E-state index contributed by atoms with van der Waals surface area (Å²) in [6.45, 7) is 0.468. The number of carbonyl (C=O) groups is 2. The molecule has 182 valence electrons. The molecule has 9 heteroatoms. The molecule has 36 heavy (non-hydrogen) atoms. The number of fused-ring (bicyclic) bond motifs is 3. The first-order valence-electron chi connectivity index (χ1n) is 11.2. The molecule has 4 aromatic rings. The van der Waals surface area contributed by atoms with Gasteiger partial charge in [0.15, 0.2) is 5.69 Å². The number of carbonyl (C=O) groups excluding carboxylic acids is 1. The van der Waals surface area contributed by atoms with E-state index in [0.717, 1.165) is 22.9 Å². The van der Waals surface area contributed by atoms with Crippen molar-refractivity contribution in [2.75, 3.05) is 0 Å². The molecule has 0 fully saturated rings. The number of aryl methyl sites for hydroxylation is 1. The number of halogens is 2. The van der Waals surface area contributed by atoms with E-state index in [9.17, 15) is 14.0 Å². The lowest BCUT2D eigenvalue weighted by molar-refractivity contribution is 0.0687. The topological polar surface area (TPSA) is 84.7 Å². The average molecular weight is 506 g/mol. The van der Waals surface area contributed by atoms with Crippen molar-refractivity contribution in [3.63, 3.8) is 0 Å². The maximum Gasteiger partial charge on any atom is 0.338 e. The Balaban J connectivity index is 1.53. The SMILES string of the molecule is Cn1nc(C(=O)N(Cc2ccccc2)Cc2ccc(C(=O)O)c(F)c2)c2c1-c1cc(Cl)ccc1OC2. The summed E-state index contributed by atoms with van der Waals surface area (Å²) < 4.78 is 21.9. The second-order valence-corrected chi connectivity index (χ2v) is 8.93. The predicted molar refractivity (Wildman–Crippen MR) is 131 cm³/mol. The third kappa shape index (κ3) is 4.43. The molecule has 1 aromatic heterocycles. The normalized spacial score (nSPS) is 11.9. The zero-order valence-corrected chi connectivity index (χ0v) is 20.0. The molecule has 0 spiro atoms. The van der Waals surface area contributed by atoms with Crippen LogP contribution < -0.4 is 4.74 Å². The van der Waals surface area contributed by atoms with Crippen LogP contribution in [0.15, 0.2) is 66.7 Å². The van der Waals surface area contributed by atoms with E-state index in [1.54, 1.807) is 34.8 Å². The van der Waals surface area contributed by atoms with Crippen molar-refractivity contribution < 1.29 is 23.8 Å². The second-order valence-electron chi connectivity index (χ2n) is 8.49. The number of hydrogen-bond donors (Lipinski definition) is 1. The van der Waals surface area contributed by atoms with E-state index >= 15 is 0 Å². The lowest BCUT2D eigenvalue weighted by atomic mass is 10.0. The van der Waals surface area contributed by atoms with E-state index in [1.807, 2.05) is 30.3 Å². The molecule has 1 aliphatic rings. The number of carboxylic acid groups (broad SMARTS) is 1. The number of aromatic carboxylic acids is 1. The first kappa shape index (κ1) is 23.6. The Morgan fingerprint density at radius 2 is 1.83 bits per heavy atom. The fraction of sp³-hybridized carbons (Fsp3) is 0.148. The van der Waals surface area contributed by atoms with Crippen LogP contribution in [0.1, 0.15) is 37.5 Å². The molecule has 1 aliphatic heterocycles. The summed E-state index contributed by atoms with van der Waals surface area (Å²) in [5.41, 5.74) is 3.29. The minimum Gasteiger partial charge on any atom is -0.488 e. The summed E-state index contributed by atoms with van der Waals surface area (Å²) in [5.74, 6) is -1.91. The number of aromatic nitrogens is 2. The Bertz CT molecular complexity index is 1490. The van der Waals surface area contributed by atoms with Gasteiger partial charge in [-0.1, -0.05) is 48.0 Å². The predicted octanol–water partition coefficient (Wildman–Crippen LogP) is 5.31. The Morgan fingerprint density at radius 3 is 2.56 bits per heavy atom. The number of benzene rings is 3. The maximum absolute atomic E-state index is 14.4. The van der Waals surface area contributed by atoms with Crippen molar-refractivity contribution in [2.45, 2.75) is 19.7 Å². The maximum atomic E-state index is 14.4. The van der Waals surface area contributed by atoms with E-state index < -0.39 is 17.3 Å². The van der Waals surface area contributed by atoms with Crippen molar-refractivity contribution in [2.24, 2.45) is 7.05 Å². The van der Waals surface area contributed by atoms with Gasteiger partial charge in [-0.15, -0.1) is 0 Å². The molecule has 0 radical (unpaired) electrons. The van der Waals surface area contributed by atoms with Crippen LogP contribution in [0.3, 0.4) is 0 Å². The van der Waals surface area contributed by atoms with Crippen LogP contribution in [0.2, 0.25) is 5.02 Å². The van der Waals surface area contributed by atoms with Crippen molar-refractivity contribution in [3.05, 3.63) is 106 Å². The molecule has 0 aliphatic carbocycles. The number of nitrogens with zero attached hydrogens (tertiary/aromatic N) is 3. The lowest BCUT2D eigenvalue weighted by Gasteiger charge is -2.24. The van der Waals surface area contributed by atoms with E-state index in [-0.39, 0.29) is 31.3 Å². The molecule has 2 heterocycles. The standard InChI is InChI=1S/C27H21ClFN3O4/c1-31-25-20-12-18(28)8-10-23(20)36-15-21(25)24(30-31)26(33)32(13-16-5-3-2-4-6-16)14-17-7-9-19(27(34)35)22(29)11-17/h2-12H,13-15H2,1H3,(H,34,35). The number of amides is 1. The van der Waals surface area contributed by atoms with Crippen LogP contribution in [-0.2, 0) is 26.7 Å². The van der Waals surface area contributed by atoms with Crippen molar-refractivity contribution in [3.8, 4) is 17.0 Å². The lowest BCUT2D eigenvalue weighted by Crippen LogP contribution is -2.31. The summed E-state index contributed by atoms with van der Waals surface area (Å²) in [4.78, 5) is 26.6. The summed E-state index contributed by atoms with van der Waals surface area (Å²) in [6, 6.07) is 18.6. The molecular formula is C27H21ClFN3O4. The summed E-state index contributed by atoms with van der Waals surface area (Å²) in [7, 11) is 1.76. The van der Waals surface area contributed by atoms with Crippen molar-refractivity contribution >= 4 is 23.5 Å². The number of hydrogen-bond acceptors (Lipinski definition) is 4. The Morgan fingerprint density at radius 1 is 1.08 bits per heavy atom. The molecule has 3 aromatic carbocycles. The summed E-state index contributed by atoms with van der Waals surface area (Å²) in [6.07, 6.45) is 0. The van der Waals surface area contributed by atoms with Crippen LogP contribution >= 0.6 is 11.6 Å². The van der Waals surface area contributed by atoms with Gasteiger partial charge in [0.1, 0.15) is 18.2 Å². The smallest absolute Gasteiger partial charge is 0.338 e. The Kier molecular flexibility index (Phi) is 6.20. The van der Waals surface area contributed by atoms with E-state index in [2.05, 4.69) is 5.10 Å². The molecule has 0 bridgehead atoms. The van der Waals surface area contributed by atoms with Gasteiger partial charge in [-0.3, -0.25) is 9.48 Å². The van der Waals surface area contributed by atoms with Gasteiger partial charge in [0.2, 0.25) is 0 Å². The highest BCUT2D eigenvalue weighted by molar-refractivity contribution is 6.31. The summed E-state index contributed by atoms with van der Waals surface area (Å²) in [5, 5.41) is 14.2. The van der Waals surface area contributed by atoms with Crippen LogP contribution in [0.5, 0.6) is 5.75 Å². The van der Waals surface area contributed by atoms with Crippen LogP contribution in [0, 0.1) is 5.82 Å². The minimum absolute atomic E-state index is 0.0547. The highest BCUT2D eigenvalue weighted by Gasteiger charge is 2.31. The number of ether oxygens (including phenoxy) is 1. The molecule has 1 N–H and O–H groups in total. The summed E-state index contributed by atoms with van der Waals surface area (Å²) >= 11 is 6.21. The largest absolute Gasteiger partial charge is 0.488 e. The molecule has 1 amide bonds. The van der Waals surface area contributed by atoms with Gasteiger partial charge in [-0.25, -0.2) is 9.18 Å². The van der Waals surface area contributed by atoms with E-state index in [0.29, 0.717) is 21.9 Å². The number of carboxylic acids is 1. The van der Waals surface area contributed by atoms with Gasteiger partial charge in [-0.05, 0) is 41.5 Å². The van der Waals surface area contributed by atoms with Crippen molar-refractivity contribution in [1.82, 2.24) is 14.7 Å². The third-order valence-electron chi connectivity index (χ3n) is 6.06. The third-order valence-corrected chi connectivity index (χ3v) is 6.29.